The molecule has 0 aromatic carbocycles. The van der Waals surface area contributed by atoms with Crippen molar-refractivity contribution in [2.24, 2.45) is 7.05 Å². The van der Waals surface area contributed by atoms with Crippen molar-refractivity contribution in [3.8, 4) is 0 Å². The van der Waals surface area contributed by atoms with Crippen LogP contribution in [0.25, 0.3) is 0 Å². The van der Waals surface area contributed by atoms with Crippen LogP contribution in [0.15, 0.2) is 12.4 Å². The van der Waals surface area contributed by atoms with Crippen molar-refractivity contribution < 1.29 is 0 Å². The maximum absolute atomic E-state index is 5.23. The molecule has 0 aliphatic rings. The second-order valence-electron chi connectivity index (χ2n) is 4.29. The number of nitrogens with zero attached hydrogens (tertiary/aromatic N) is 5. The molecule has 0 spiro atoms. The topological polar surface area (TPSA) is 54.7 Å². The number of aromatic amines is 1. The second kappa shape index (κ2) is 5.34. The summed E-state index contributed by atoms with van der Waals surface area (Å²) in [6.07, 6.45) is 4.76. The normalized spacial score (nSPS) is 10.8. The molecule has 1 N–H and O–H groups in total. The van der Waals surface area contributed by atoms with E-state index in [1.165, 1.54) is 0 Å². The molecule has 6 nitrogen and oxygen atoms in total. The molecule has 0 aliphatic carbocycles. The summed E-state index contributed by atoms with van der Waals surface area (Å²) in [6.45, 7) is 3.69. The molecule has 98 valence electrons. The van der Waals surface area contributed by atoms with Crippen LogP contribution in [0.4, 0.5) is 5.95 Å². The van der Waals surface area contributed by atoms with Crippen LogP contribution < -0.4 is 4.90 Å². The predicted molar refractivity (Wildman–Crippen MR) is 73.0 cm³/mol. The van der Waals surface area contributed by atoms with Gasteiger partial charge in [-0.15, -0.1) is 5.10 Å². The van der Waals surface area contributed by atoms with Gasteiger partial charge in [-0.1, -0.05) is 6.92 Å². The van der Waals surface area contributed by atoms with E-state index in [0.717, 1.165) is 24.7 Å². The van der Waals surface area contributed by atoms with Crippen molar-refractivity contribution in [2.45, 2.75) is 26.4 Å². The van der Waals surface area contributed by atoms with Gasteiger partial charge in [-0.25, -0.2) is 10.1 Å². The molecule has 0 atom stereocenters. The fourth-order valence-electron chi connectivity index (χ4n) is 1.86. The van der Waals surface area contributed by atoms with E-state index in [1.807, 2.05) is 34.3 Å². The molecule has 0 saturated carbocycles. The van der Waals surface area contributed by atoms with Crippen LogP contribution in [-0.2, 0) is 20.1 Å². The minimum absolute atomic E-state index is 0.665. The van der Waals surface area contributed by atoms with Gasteiger partial charge in [0.15, 0.2) is 4.77 Å². The molecule has 2 aromatic heterocycles. The van der Waals surface area contributed by atoms with Gasteiger partial charge in [0.1, 0.15) is 5.82 Å². The lowest BCUT2D eigenvalue weighted by molar-refractivity contribution is 0.646. The molecule has 0 bridgehead atoms. The Morgan fingerprint density at radius 1 is 1.50 bits per heavy atom. The Morgan fingerprint density at radius 2 is 2.28 bits per heavy atom. The van der Waals surface area contributed by atoms with Gasteiger partial charge in [0, 0.05) is 33.0 Å². The minimum atomic E-state index is 0.665. The van der Waals surface area contributed by atoms with Crippen LogP contribution in [0.1, 0.15) is 19.2 Å². The lowest BCUT2D eigenvalue weighted by Gasteiger charge is -2.18. The third-order valence-corrected chi connectivity index (χ3v) is 3.14. The van der Waals surface area contributed by atoms with Gasteiger partial charge < -0.3 is 9.47 Å². The van der Waals surface area contributed by atoms with E-state index in [2.05, 4.69) is 22.1 Å². The summed E-state index contributed by atoms with van der Waals surface area (Å²) in [5.41, 5.74) is 0. The number of aryl methyl sites for hydroxylation is 1. The fourth-order valence-corrected chi connectivity index (χ4v) is 2.08. The molecule has 0 fully saturated rings. The third kappa shape index (κ3) is 2.45. The van der Waals surface area contributed by atoms with E-state index in [1.54, 1.807) is 6.20 Å². The van der Waals surface area contributed by atoms with E-state index >= 15 is 0 Å². The molecule has 0 saturated heterocycles. The predicted octanol–water partition coefficient (Wildman–Crippen LogP) is 1.72. The highest BCUT2D eigenvalue weighted by atomic mass is 32.1. The number of rotatable bonds is 5. The van der Waals surface area contributed by atoms with E-state index < -0.39 is 0 Å². The van der Waals surface area contributed by atoms with Crippen molar-refractivity contribution >= 4 is 18.2 Å². The summed E-state index contributed by atoms with van der Waals surface area (Å²) >= 11 is 5.23. The largest absolute Gasteiger partial charge is 0.337 e. The maximum Gasteiger partial charge on any atom is 0.225 e. The van der Waals surface area contributed by atoms with Gasteiger partial charge in [-0.2, -0.15) is 0 Å². The van der Waals surface area contributed by atoms with Gasteiger partial charge in [0.25, 0.3) is 0 Å². The zero-order chi connectivity index (χ0) is 13.1. The van der Waals surface area contributed by atoms with Gasteiger partial charge >= 0.3 is 0 Å². The molecule has 2 aromatic rings. The van der Waals surface area contributed by atoms with Crippen LogP contribution >= 0.6 is 12.2 Å². The first-order valence-corrected chi connectivity index (χ1v) is 6.36. The Hall–Kier alpha value is -1.63. The molecule has 18 heavy (non-hydrogen) atoms. The van der Waals surface area contributed by atoms with Gasteiger partial charge in [-0.3, -0.25) is 4.57 Å². The first kappa shape index (κ1) is 12.8. The summed E-state index contributed by atoms with van der Waals surface area (Å²) in [5, 5.41) is 7.12. The van der Waals surface area contributed by atoms with Crippen LogP contribution in [0.5, 0.6) is 0 Å². The molecule has 7 heteroatoms. The highest BCUT2D eigenvalue weighted by Crippen LogP contribution is 2.12. The van der Waals surface area contributed by atoms with Gasteiger partial charge in [0.05, 0.1) is 6.54 Å². The van der Waals surface area contributed by atoms with E-state index in [-0.39, 0.29) is 0 Å². The molecule has 0 amide bonds. The Morgan fingerprint density at radius 3 is 2.89 bits per heavy atom. The molecular formula is C11H18N6S. The Balaban J connectivity index is 2.21. The first-order chi connectivity index (χ1) is 8.63. The third-order valence-electron chi connectivity index (χ3n) is 2.83. The highest BCUT2D eigenvalue weighted by Gasteiger charge is 2.12. The maximum atomic E-state index is 5.23. The van der Waals surface area contributed by atoms with E-state index in [9.17, 15) is 0 Å². The highest BCUT2D eigenvalue weighted by molar-refractivity contribution is 7.71. The fraction of sp³-hybridized carbons (Fsp3) is 0.545. The minimum Gasteiger partial charge on any atom is -0.337 e. The molecular weight excluding hydrogens is 248 g/mol. The van der Waals surface area contributed by atoms with Crippen LogP contribution in [0, 0.1) is 4.77 Å². The smallest absolute Gasteiger partial charge is 0.225 e. The number of aromatic nitrogens is 5. The van der Waals surface area contributed by atoms with Crippen LogP contribution in [-0.4, -0.2) is 31.4 Å². The molecule has 0 aliphatic heterocycles. The van der Waals surface area contributed by atoms with E-state index in [0.29, 0.717) is 11.3 Å². The van der Waals surface area contributed by atoms with Crippen molar-refractivity contribution in [3.63, 3.8) is 0 Å². The second-order valence-corrected chi connectivity index (χ2v) is 4.68. The molecule has 2 heterocycles. The van der Waals surface area contributed by atoms with Crippen LogP contribution in [0.3, 0.4) is 0 Å². The average molecular weight is 266 g/mol. The average Bonchev–Trinajstić information content (AvgIpc) is 2.88. The van der Waals surface area contributed by atoms with Crippen LogP contribution in [0.2, 0.25) is 0 Å². The Kier molecular flexibility index (Phi) is 3.81. The number of nitrogens with one attached hydrogen (secondary N) is 1. The van der Waals surface area contributed by atoms with E-state index in [4.69, 9.17) is 12.2 Å². The number of hydrogen-bond donors (Lipinski definition) is 1. The molecule has 0 radical (unpaired) electrons. The first-order valence-electron chi connectivity index (χ1n) is 5.96. The van der Waals surface area contributed by atoms with Crippen molar-refractivity contribution in [3.05, 3.63) is 23.0 Å². The van der Waals surface area contributed by atoms with Gasteiger partial charge in [0.2, 0.25) is 5.95 Å². The lowest BCUT2D eigenvalue weighted by Crippen LogP contribution is -2.22. The number of H-pyrrole nitrogens is 1. The van der Waals surface area contributed by atoms with Crippen molar-refractivity contribution in [1.82, 2.24) is 24.3 Å². The van der Waals surface area contributed by atoms with Gasteiger partial charge in [-0.05, 0) is 18.6 Å². The summed E-state index contributed by atoms with van der Waals surface area (Å²) in [4.78, 5) is 6.36. The Bertz CT molecular complexity index is 566. The zero-order valence-electron chi connectivity index (χ0n) is 10.9. The number of imidazole rings is 1. The molecule has 2 rings (SSSR count). The summed E-state index contributed by atoms with van der Waals surface area (Å²) in [5.74, 6) is 1.85. The summed E-state index contributed by atoms with van der Waals surface area (Å²) < 4.78 is 4.68. The standard InChI is InChI=1S/C11H18N6S/c1-4-6-17-10(13-14-11(17)18)16(3)8-9-12-5-7-15(9)2/h5,7H,4,6,8H2,1-3H3,(H,14,18). The molecule has 0 unspecified atom stereocenters. The van der Waals surface area contributed by atoms with Crippen molar-refractivity contribution in [2.75, 3.05) is 11.9 Å². The number of anilines is 1. The number of hydrogen-bond acceptors (Lipinski definition) is 4. The lowest BCUT2D eigenvalue weighted by atomic mass is 10.5. The monoisotopic (exact) mass is 266 g/mol. The van der Waals surface area contributed by atoms with Crippen molar-refractivity contribution in [1.29, 1.82) is 0 Å². The quantitative estimate of drug-likeness (QED) is 0.837. The summed E-state index contributed by atoms with van der Waals surface area (Å²) in [7, 11) is 3.98. The zero-order valence-corrected chi connectivity index (χ0v) is 11.7. The Labute approximate surface area is 111 Å². The SMILES string of the molecule is CCCn1c(N(C)Cc2nccn2C)n[nH]c1=S. The summed E-state index contributed by atoms with van der Waals surface area (Å²) in [6, 6.07) is 0.